The van der Waals surface area contributed by atoms with E-state index in [1.807, 2.05) is 30.3 Å². The molecule has 5 heteroatoms. The Morgan fingerprint density at radius 3 is 2.90 bits per heavy atom. The van der Waals surface area contributed by atoms with Gasteiger partial charge in [0.25, 0.3) is 0 Å². The second-order valence-electron chi connectivity index (χ2n) is 4.56. The quantitative estimate of drug-likeness (QED) is 0.883. The molecule has 2 aromatic carbocycles. The first-order valence-electron chi connectivity index (χ1n) is 6.43. The van der Waals surface area contributed by atoms with Gasteiger partial charge in [0.05, 0.1) is 11.6 Å². The first-order chi connectivity index (χ1) is 10.3. The molecule has 104 valence electrons. The van der Waals surface area contributed by atoms with Crippen LogP contribution >= 0.6 is 12.2 Å². The minimum Gasteiger partial charge on any atom is -0.454 e. The second kappa shape index (κ2) is 5.81. The fraction of sp³-hybridized carbons (Fsp3) is 0.125. The monoisotopic (exact) mass is 296 g/mol. The molecule has 21 heavy (non-hydrogen) atoms. The Morgan fingerprint density at radius 1 is 1.19 bits per heavy atom. The molecule has 0 saturated heterocycles. The van der Waals surface area contributed by atoms with E-state index in [0.717, 1.165) is 22.6 Å². The summed E-state index contributed by atoms with van der Waals surface area (Å²) in [5.74, 6) is 1.52. The summed E-state index contributed by atoms with van der Waals surface area (Å²) in [5, 5.41) is 12.1. The van der Waals surface area contributed by atoms with E-state index in [-0.39, 0.29) is 6.79 Å². The Balaban J connectivity index is 1.67. The molecule has 1 aliphatic rings. The highest BCUT2D eigenvalue weighted by Gasteiger charge is 2.13. The molecular formula is C16H12N2O2S. The lowest BCUT2D eigenvalue weighted by atomic mass is 10.1. The number of ether oxygens (including phenoxy) is 2. The van der Waals surface area contributed by atoms with E-state index in [1.165, 1.54) is 0 Å². The number of thiocarbonyl (C=S) groups is 1. The lowest BCUT2D eigenvalue weighted by Gasteiger charge is -2.09. The summed E-state index contributed by atoms with van der Waals surface area (Å²) in [6.45, 7) is 0.859. The van der Waals surface area contributed by atoms with Gasteiger partial charge in [-0.15, -0.1) is 0 Å². The highest BCUT2D eigenvalue weighted by Crippen LogP contribution is 2.32. The summed E-state index contributed by atoms with van der Waals surface area (Å²) in [5.41, 5.74) is 2.49. The van der Waals surface area contributed by atoms with Crippen molar-refractivity contribution in [2.45, 2.75) is 6.54 Å². The molecular weight excluding hydrogens is 284 g/mol. The van der Waals surface area contributed by atoms with Crippen LogP contribution in [0.2, 0.25) is 0 Å². The average molecular weight is 296 g/mol. The van der Waals surface area contributed by atoms with Crippen LogP contribution in [0.25, 0.3) is 0 Å². The maximum Gasteiger partial charge on any atom is 0.231 e. The van der Waals surface area contributed by atoms with E-state index in [9.17, 15) is 0 Å². The third-order valence-corrected chi connectivity index (χ3v) is 3.52. The summed E-state index contributed by atoms with van der Waals surface area (Å²) >= 11 is 5.35. The molecule has 3 rings (SSSR count). The lowest BCUT2D eigenvalue weighted by Crippen LogP contribution is -2.21. The molecule has 1 aliphatic heterocycles. The van der Waals surface area contributed by atoms with Gasteiger partial charge in [0.2, 0.25) is 6.79 Å². The molecule has 0 bridgehead atoms. The van der Waals surface area contributed by atoms with Crippen molar-refractivity contribution in [2.75, 3.05) is 6.79 Å². The van der Waals surface area contributed by atoms with Gasteiger partial charge in [0, 0.05) is 12.1 Å². The Bertz CT molecular complexity index is 737. The molecule has 0 aliphatic carbocycles. The van der Waals surface area contributed by atoms with Gasteiger partial charge in [-0.3, -0.25) is 0 Å². The van der Waals surface area contributed by atoms with Crippen molar-refractivity contribution in [3.05, 3.63) is 59.2 Å². The van der Waals surface area contributed by atoms with Crippen LogP contribution in [0.5, 0.6) is 11.5 Å². The van der Waals surface area contributed by atoms with Crippen LogP contribution in [-0.4, -0.2) is 11.8 Å². The fourth-order valence-electron chi connectivity index (χ4n) is 2.07. The molecule has 0 fully saturated rings. The van der Waals surface area contributed by atoms with E-state index in [1.54, 1.807) is 12.1 Å². The summed E-state index contributed by atoms with van der Waals surface area (Å²) in [4.78, 5) is 0.616. The van der Waals surface area contributed by atoms with Gasteiger partial charge in [-0.05, 0) is 29.8 Å². The standard InChI is InChI=1S/C16H12N2O2S/c17-8-11-2-1-3-13(6-11)16(21)18-9-12-4-5-14-15(7-12)20-10-19-14/h1-7H,9-10H2,(H,18,21). The molecule has 0 atom stereocenters. The smallest absolute Gasteiger partial charge is 0.231 e. The molecule has 4 nitrogen and oxygen atoms in total. The molecule has 0 aromatic heterocycles. The van der Waals surface area contributed by atoms with E-state index < -0.39 is 0 Å². The summed E-state index contributed by atoms with van der Waals surface area (Å²) in [6, 6.07) is 15.1. The summed E-state index contributed by atoms with van der Waals surface area (Å²) < 4.78 is 10.6. The van der Waals surface area contributed by atoms with Crippen LogP contribution < -0.4 is 14.8 Å². The number of nitrogens with one attached hydrogen (secondary N) is 1. The largest absolute Gasteiger partial charge is 0.454 e. The van der Waals surface area contributed by atoms with Crippen LogP contribution in [0.1, 0.15) is 16.7 Å². The van der Waals surface area contributed by atoms with Gasteiger partial charge in [-0.2, -0.15) is 5.26 Å². The second-order valence-corrected chi connectivity index (χ2v) is 4.97. The van der Waals surface area contributed by atoms with Crippen molar-refractivity contribution in [3.63, 3.8) is 0 Å². The molecule has 0 spiro atoms. The normalized spacial score (nSPS) is 11.8. The Kier molecular flexibility index (Phi) is 3.71. The van der Waals surface area contributed by atoms with Crippen molar-refractivity contribution in [1.82, 2.24) is 5.32 Å². The minimum atomic E-state index is 0.269. The SMILES string of the molecule is N#Cc1cccc(C(=S)NCc2ccc3c(c2)OCO3)c1. The lowest BCUT2D eigenvalue weighted by molar-refractivity contribution is 0.174. The average Bonchev–Trinajstić information content (AvgIpc) is 3.00. The van der Waals surface area contributed by atoms with Crippen LogP contribution in [0.4, 0.5) is 0 Å². The van der Waals surface area contributed by atoms with E-state index in [4.69, 9.17) is 27.0 Å². The van der Waals surface area contributed by atoms with Crippen molar-refractivity contribution in [2.24, 2.45) is 0 Å². The van der Waals surface area contributed by atoms with Gasteiger partial charge in [0.15, 0.2) is 11.5 Å². The molecule has 2 aromatic rings. The molecule has 1 heterocycles. The maximum absolute atomic E-state index is 8.90. The first kappa shape index (κ1) is 13.4. The molecule has 0 saturated carbocycles. The van der Waals surface area contributed by atoms with E-state index in [0.29, 0.717) is 17.1 Å². The van der Waals surface area contributed by atoms with E-state index in [2.05, 4.69) is 11.4 Å². The van der Waals surface area contributed by atoms with Crippen molar-refractivity contribution in [3.8, 4) is 17.6 Å². The van der Waals surface area contributed by atoms with Crippen LogP contribution in [0.3, 0.4) is 0 Å². The van der Waals surface area contributed by atoms with Crippen LogP contribution in [0, 0.1) is 11.3 Å². The summed E-state index contributed by atoms with van der Waals surface area (Å²) in [6.07, 6.45) is 0. The molecule has 0 unspecified atom stereocenters. The van der Waals surface area contributed by atoms with Gasteiger partial charge >= 0.3 is 0 Å². The number of nitrogens with zero attached hydrogens (tertiary/aromatic N) is 1. The number of nitriles is 1. The Morgan fingerprint density at radius 2 is 2.05 bits per heavy atom. The summed E-state index contributed by atoms with van der Waals surface area (Å²) in [7, 11) is 0. The zero-order valence-corrected chi connectivity index (χ0v) is 11.9. The van der Waals surface area contributed by atoms with Crippen LogP contribution in [-0.2, 0) is 6.54 Å². The predicted octanol–water partition coefficient (Wildman–Crippen LogP) is 2.75. The number of benzene rings is 2. The highest BCUT2D eigenvalue weighted by molar-refractivity contribution is 7.80. The molecule has 0 amide bonds. The van der Waals surface area contributed by atoms with Gasteiger partial charge < -0.3 is 14.8 Å². The van der Waals surface area contributed by atoms with Crippen molar-refractivity contribution >= 4 is 17.2 Å². The Hall–Kier alpha value is -2.58. The number of rotatable bonds is 3. The van der Waals surface area contributed by atoms with Crippen molar-refractivity contribution in [1.29, 1.82) is 5.26 Å². The maximum atomic E-state index is 8.90. The zero-order chi connectivity index (χ0) is 14.7. The minimum absolute atomic E-state index is 0.269. The fourth-order valence-corrected chi connectivity index (χ4v) is 2.26. The van der Waals surface area contributed by atoms with E-state index >= 15 is 0 Å². The predicted molar refractivity (Wildman–Crippen MR) is 82.3 cm³/mol. The number of hydrogen-bond donors (Lipinski definition) is 1. The number of fused-ring (bicyclic) bond motifs is 1. The molecule has 1 N–H and O–H groups in total. The topological polar surface area (TPSA) is 54.3 Å². The van der Waals surface area contributed by atoms with Gasteiger partial charge in [0.1, 0.15) is 4.99 Å². The third kappa shape index (κ3) is 2.96. The van der Waals surface area contributed by atoms with Gasteiger partial charge in [-0.1, -0.05) is 30.4 Å². The zero-order valence-electron chi connectivity index (χ0n) is 11.1. The van der Waals surface area contributed by atoms with Crippen molar-refractivity contribution < 1.29 is 9.47 Å². The molecule has 0 radical (unpaired) electrons. The highest BCUT2D eigenvalue weighted by atomic mass is 32.1. The first-order valence-corrected chi connectivity index (χ1v) is 6.84. The Labute approximate surface area is 127 Å². The number of hydrogen-bond acceptors (Lipinski definition) is 4. The van der Waals surface area contributed by atoms with Gasteiger partial charge in [-0.25, -0.2) is 0 Å². The van der Waals surface area contributed by atoms with Crippen LogP contribution in [0.15, 0.2) is 42.5 Å². The third-order valence-electron chi connectivity index (χ3n) is 3.14.